The van der Waals surface area contributed by atoms with E-state index in [1.54, 1.807) is 22.1 Å². The molecule has 154 valence electrons. The molecule has 3 heterocycles. The summed E-state index contributed by atoms with van der Waals surface area (Å²) in [4.78, 5) is 22.4. The fourth-order valence-corrected chi connectivity index (χ4v) is 3.93. The first kappa shape index (κ1) is 18.5. The second-order valence-electron chi connectivity index (χ2n) is 7.59. The standard InChI is InChI=1S/C20H18F2N6O2/c1-12-17-18(23-10-26(17)2)24-11-27(12)9-16-25-28(19(29)30-16)15-7-20(22,8-15)13-3-5-14(21)6-4-13/h3-6,10-11,15H,1,7-9H2,2H3/t15-,20+. The first-order valence-electron chi connectivity index (χ1n) is 9.39. The summed E-state index contributed by atoms with van der Waals surface area (Å²) in [6.45, 7) is 4.21. The topological polar surface area (TPSA) is 81.5 Å². The third-order valence-corrected chi connectivity index (χ3v) is 5.60. The van der Waals surface area contributed by atoms with Crippen molar-refractivity contribution in [2.24, 2.45) is 12.0 Å². The van der Waals surface area contributed by atoms with Crippen LogP contribution in [0.2, 0.25) is 0 Å². The molecular weight excluding hydrogens is 394 g/mol. The van der Waals surface area contributed by atoms with Gasteiger partial charge in [-0.1, -0.05) is 18.7 Å². The van der Waals surface area contributed by atoms with Gasteiger partial charge in [-0.25, -0.2) is 23.6 Å². The molecule has 0 saturated heterocycles. The van der Waals surface area contributed by atoms with Crippen molar-refractivity contribution < 1.29 is 13.2 Å². The molecule has 0 unspecified atom stereocenters. The number of aliphatic imine (C=N–C) groups is 1. The number of halogens is 2. The molecule has 1 saturated carbocycles. The largest absolute Gasteiger partial charge is 0.437 e. The van der Waals surface area contributed by atoms with E-state index in [-0.39, 0.29) is 25.3 Å². The van der Waals surface area contributed by atoms with Gasteiger partial charge in [0.2, 0.25) is 5.89 Å². The van der Waals surface area contributed by atoms with Crippen LogP contribution >= 0.6 is 0 Å². The van der Waals surface area contributed by atoms with E-state index in [9.17, 15) is 9.18 Å². The zero-order valence-corrected chi connectivity index (χ0v) is 16.1. The molecule has 8 nitrogen and oxygen atoms in total. The lowest BCUT2D eigenvalue weighted by Crippen LogP contribution is -2.41. The van der Waals surface area contributed by atoms with Crippen LogP contribution in [0.3, 0.4) is 0 Å². The molecule has 2 aliphatic rings. The van der Waals surface area contributed by atoms with Crippen LogP contribution in [0.4, 0.5) is 14.6 Å². The highest BCUT2D eigenvalue weighted by molar-refractivity contribution is 5.83. The number of rotatable bonds is 4. The lowest BCUT2D eigenvalue weighted by atomic mass is 9.73. The van der Waals surface area contributed by atoms with Crippen LogP contribution in [0, 0.1) is 5.82 Å². The highest BCUT2D eigenvalue weighted by atomic mass is 19.1. The number of imidazole rings is 1. The van der Waals surface area contributed by atoms with Crippen molar-refractivity contribution in [3.8, 4) is 0 Å². The number of nitrogens with zero attached hydrogens (tertiary/aromatic N) is 6. The van der Waals surface area contributed by atoms with E-state index in [0.717, 1.165) is 5.69 Å². The Kier molecular flexibility index (Phi) is 3.99. The first-order valence-corrected chi connectivity index (χ1v) is 9.39. The molecule has 5 rings (SSSR count). The van der Waals surface area contributed by atoms with Crippen LogP contribution in [0.25, 0.3) is 5.70 Å². The maximum atomic E-state index is 15.1. The molecule has 0 bridgehead atoms. The summed E-state index contributed by atoms with van der Waals surface area (Å²) in [6, 6.07) is 4.88. The Hall–Kier alpha value is -3.56. The van der Waals surface area contributed by atoms with E-state index < -0.39 is 23.3 Å². The molecule has 0 radical (unpaired) electrons. The Morgan fingerprint density at radius 3 is 2.77 bits per heavy atom. The first-order chi connectivity index (χ1) is 14.3. The normalized spacial score (nSPS) is 22.8. The third kappa shape index (κ3) is 2.87. The molecule has 0 spiro atoms. The van der Waals surface area contributed by atoms with Crippen molar-refractivity contribution in [3.63, 3.8) is 0 Å². The van der Waals surface area contributed by atoms with Gasteiger partial charge in [-0.3, -0.25) is 0 Å². The zero-order valence-electron chi connectivity index (χ0n) is 16.1. The van der Waals surface area contributed by atoms with Crippen molar-refractivity contribution >= 4 is 17.9 Å². The highest BCUT2D eigenvalue weighted by Crippen LogP contribution is 2.50. The summed E-state index contributed by atoms with van der Waals surface area (Å²) in [6.07, 6.45) is 3.34. The average Bonchev–Trinajstić information content (AvgIpc) is 3.25. The van der Waals surface area contributed by atoms with Gasteiger partial charge in [0.15, 0.2) is 5.82 Å². The van der Waals surface area contributed by atoms with Gasteiger partial charge in [-0.2, -0.15) is 4.68 Å². The van der Waals surface area contributed by atoms with Crippen LogP contribution < -0.4 is 5.76 Å². The van der Waals surface area contributed by atoms with Crippen LogP contribution in [0.1, 0.15) is 36.0 Å². The van der Waals surface area contributed by atoms with Gasteiger partial charge in [0.05, 0.1) is 24.4 Å². The predicted octanol–water partition coefficient (Wildman–Crippen LogP) is 3.06. The van der Waals surface area contributed by atoms with Gasteiger partial charge >= 0.3 is 5.76 Å². The van der Waals surface area contributed by atoms with Gasteiger partial charge in [0, 0.05) is 19.9 Å². The minimum atomic E-state index is -1.61. The van der Waals surface area contributed by atoms with Crippen LogP contribution in [0.5, 0.6) is 0 Å². The smallest absolute Gasteiger partial charge is 0.390 e. The summed E-state index contributed by atoms with van der Waals surface area (Å²) in [7, 11) is 1.84. The highest BCUT2D eigenvalue weighted by Gasteiger charge is 2.48. The van der Waals surface area contributed by atoms with Gasteiger partial charge in [0.1, 0.15) is 23.7 Å². The fourth-order valence-electron chi connectivity index (χ4n) is 3.93. The number of hydrogen-bond acceptors (Lipinski definition) is 6. The van der Waals surface area contributed by atoms with E-state index in [0.29, 0.717) is 17.1 Å². The molecule has 2 aromatic heterocycles. The van der Waals surface area contributed by atoms with E-state index in [2.05, 4.69) is 21.7 Å². The SMILES string of the molecule is C=C1c2c(ncn2C)N=CN1Cc1nn([C@H]2C[C@](F)(c3ccc(F)cc3)C2)c(=O)o1. The van der Waals surface area contributed by atoms with Crippen molar-refractivity contribution in [1.29, 1.82) is 0 Å². The zero-order chi connectivity index (χ0) is 21.0. The van der Waals surface area contributed by atoms with E-state index in [1.807, 2.05) is 7.05 Å². The van der Waals surface area contributed by atoms with Crippen LogP contribution in [-0.4, -0.2) is 30.6 Å². The minimum Gasteiger partial charge on any atom is -0.390 e. The summed E-state index contributed by atoms with van der Waals surface area (Å²) in [5, 5.41) is 4.24. The maximum Gasteiger partial charge on any atom is 0.437 e. The molecule has 30 heavy (non-hydrogen) atoms. The molecule has 3 aromatic rings. The summed E-state index contributed by atoms with van der Waals surface area (Å²) in [5.74, 6) is -0.315. The quantitative estimate of drug-likeness (QED) is 0.658. The molecule has 1 fully saturated rings. The Labute approximate surface area is 169 Å². The number of aryl methyl sites for hydroxylation is 1. The van der Waals surface area contributed by atoms with Crippen molar-refractivity contribution in [1.82, 2.24) is 24.2 Å². The number of aromatic nitrogens is 4. The van der Waals surface area contributed by atoms with Crippen LogP contribution in [-0.2, 0) is 19.3 Å². The van der Waals surface area contributed by atoms with Crippen molar-refractivity contribution in [2.45, 2.75) is 31.1 Å². The van der Waals surface area contributed by atoms with E-state index in [1.165, 1.54) is 28.9 Å². The predicted molar refractivity (Wildman–Crippen MR) is 104 cm³/mol. The summed E-state index contributed by atoms with van der Waals surface area (Å²) < 4.78 is 36.4. The second kappa shape index (κ2) is 6.48. The maximum absolute atomic E-state index is 15.1. The van der Waals surface area contributed by atoms with Gasteiger partial charge < -0.3 is 13.9 Å². The van der Waals surface area contributed by atoms with Gasteiger partial charge in [0.25, 0.3) is 0 Å². The number of benzene rings is 1. The summed E-state index contributed by atoms with van der Waals surface area (Å²) in [5.41, 5.74) is 0.199. The molecule has 1 aromatic carbocycles. The molecule has 10 heteroatoms. The van der Waals surface area contributed by atoms with Gasteiger partial charge in [-0.15, -0.1) is 5.10 Å². The molecule has 0 atom stereocenters. The monoisotopic (exact) mass is 412 g/mol. The Morgan fingerprint density at radius 2 is 2.03 bits per heavy atom. The molecular formula is C20H18F2N6O2. The van der Waals surface area contributed by atoms with E-state index >= 15 is 4.39 Å². The molecule has 1 aliphatic heterocycles. The van der Waals surface area contributed by atoms with Gasteiger partial charge in [-0.05, 0) is 17.7 Å². The molecule has 0 N–H and O–H groups in total. The second-order valence-corrected chi connectivity index (χ2v) is 7.59. The number of alkyl halides is 1. The average molecular weight is 412 g/mol. The fraction of sp³-hybridized carbons (Fsp3) is 0.300. The van der Waals surface area contributed by atoms with Crippen molar-refractivity contribution in [3.05, 3.63) is 70.7 Å². The Morgan fingerprint density at radius 1 is 1.30 bits per heavy atom. The molecule has 0 amide bonds. The Balaban J connectivity index is 1.31. The third-order valence-electron chi connectivity index (χ3n) is 5.60. The molecule has 1 aliphatic carbocycles. The van der Waals surface area contributed by atoms with E-state index in [4.69, 9.17) is 4.42 Å². The number of fused-ring (bicyclic) bond motifs is 1. The minimum absolute atomic E-state index is 0.0702. The number of hydrogen-bond donors (Lipinski definition) is 0. The lowest BCUT2D eigenvalue weighted by molar-refractivity contribution is 0.00174. The lowest BCUT2D eigenvalue weighted by Gasteiger charge is -2.40. The Bertz CT molecular complexity index is 1220. The summed E-state index contributed by atoms with van der Waals surface area (Å²) >= 11 is 0. The van der Waals surface area contributed by atoms with Crippen LogP contribution in [0.15, 0.2) is 51.4 Å². The van der Waals surface area contributed by atoms with Crippen molar-refractivity contribution in [2.75, 3.05) is 0 Å².